The largest absolute Gasteiger partial charge is 0.103 e. The summed E-state index contributed by atoms with van der Waals surface area (Å²) in [7, 11) is 0. The van der Waals surface area contributed by atoms with Gasteiger partial charge in [-0.25, -0.2) is 0 Å². The lowest BCUT2D eigenvalue weighted by Gasteiger charge is -2.14. The Morgan fingerprint density at radius 3 is 2.20 bits per heavy atom. The van der Waals surface area contributed by atoms with Crippen LogP contribution in [0.4, 0.5) is 0 Å². The zero-order chi connectivity index (χ0) is 7.83. The third-order valence-electron chi connectivity index (χ3n) is 2.88. The topological polar surface area (TPSA) is 0 Å². The fourth-order valence-corrected chi connectivity index (χ4v) is 2.90. The Morgan fingerprint density at radius 2 is 2.10 bits per heavy atom. The van der Waals surface area contributed by atoms with E-state index in [1.165, 1.54) is 6.42 Å². The number of alkyl halides is 1. The molecule has 1 heteroatoms. The van der Waals surface area contributed by atoms with E-state index >= 15 is 0 Å². The van der Waals surface area contributed by atoms with Crippen molar-refractivity contribution in [3.8, 4) is 0 Å². The fraction of sp³-hybridized carbons (Fsp3) is 0.778. The van der Waals surface area contributed by atoms with Crippen molar-refractivity contribution in [2.45, 2.75) is 26.7 Å². The van der Waals surface area contributed by atoms with Crippen LogP contribution in [0.25, 0.3) is 0 Å². The second kappa shape index (κ2) is 2.37. The highest BCUT2D eigenvalue weighted by molar-refractivity contribution is 9.09. The van der Waals surface area contributed by atoms with Crippen LogP contribution < -0.4 is 0 Å². The molecule has 0 amide bonds. The maximum atomic E-state index is 3.78. The van der Waals surface area contributed by atoms with Crippen molar-refractivity contribution in [1.82, 2.24) is 0 Å². The molecule has 58 valence electrons. The van der Waals surface area contributed by atoms with E-state index in [2.05, 4.69) is 36.4 Å². The third kappa shape index (κ3) is 1.05. The van der Waals surface area contributed by atoms with Crippen molar-refractivity contribution in [3.63, 3.8) is 0 Å². The molecule has 0 aromatic carbocycles. The van der Waals surface area contributed by atoms with Gasteiger partial charge in [-0.05, 0) is 23.7 Å². The van der Waals surface area contributed by atoms with Crippen molar-refractivity contribution < 1.29 is 0 Å². The molecule has 1 atom stereocenters. The van der Waals surface area contributed by atoms with Gasteiger partial charge in [0, 0.05) is 5.33 Å². The molecule has 0 radical (unpaired) electrons. The van der Waals surface area contributed by atoms with Crippen LogP contribution >= 0.6 is 15.9 Å². The summed E-state index contributed by atoms with van der Waals surface area (Å²) in [5, 5.41) is 1.12. The van der Waals surface area contributed by atoms with E-state index in [-0.39, 0.29) is 0 Å². The molecule has 0 saturated heterocycles. The summed E-state index contributed by atoms with van der Waals surface area (Å²) in [6, 6.07) is 0. The standard InChI is InChI=1S/C9H15Br/c1-4-5-9(7-10)6-8(9,2)3/h4H,1,5-7H2,2-3H3. The minimum absolute atomic E-state index is 0.536. The van der Waals surface area contributed by atoms with Crippen LogP contribution in [0.15, 0.2) is 12.7 Å². The molecule has 0 nitrogen and oxygen atoms in total. The lowest BCUT2D eigenvalue weighted by molar-refractivity contribution is 0.434. The lowest BCUT2D eigenvalue weighted by atomic mass is 9.95. The Balaban J connectivity index is 2.58. The van der Waals surface area contributed by atoms with Gasteiger partial charge in [-0.3, -0.25) is 0 Å². The van der Waals surface area contributed by atoms with Crippen molar-refractivity contribution in [2.24, 2.45) is 10.8 Å². The Morgan fingerprint density at radius 1 is 1.60 bits per heavy atom. The Hall–Kier alpha value is 0.220. The van der Waals surface area contributed by atoms with Gasteiger partial charge in [-0.2, -0.15) is 0 Å². The molecule has 1 aliphatic rings. The van der Waals surface area contributed by atoms with E-state index in [0.29, 0.717) is 10.8 Å². The first-order chi connectivity index (χ1) is 4.58. The van der Waals surface area contributed by atoms with Crippen molar-refractivity contribution in [1.29, 1.82) is 0 Å². The molecule has 0 N–H and O–H groups in total. The van der Waals surface area contributed by atoms with E-state index in [4.69, 9.17) is 0 Å². The van der Waals surface area contributed by atoms with Gasteiger partial charge in [-0.15, -0.1) is 6.58 Å². The minimum Gasteiger partial charge on any atom is -0.103 e. The summed E-state index contributed by atoms with van der Waals surface area (Å²) in [6.45, 7) is 8.44. The van der Waals surface area contributed by atoms with E-state index in [1.807, 2.05) is 6.08 Å². The molecule has 10 heavy (non-hydrogen) atoms. The Kier molecular flexibility index (Phi) is 1.97. The van der Waals surface area contributed by atoms with Gasteiger partial charge >= 0.3 is 0 Å². The van der Waals surface area contributed by atoms with E-state index < -0.39 is 0 Å². The highest BCUT2D eigenvalue weighted by Crippen LogP contribution is 2.66. The summed E-state index contributed by atoms with van der Waals surface area (Å²) >= 11 is 3.56. The van der Waals surface area contributed by atoms with Crippen molar-refractivity contribution in [3.05, 3.63) is 12.7 Å². The first-order valence-corrected chi connectivity index (χ1v) is 4.87. The normalized spacial score (nSPS) is 35.5. The molecule has 1 aliphatic carbocycles. The average molecular weight is 203 g/mol. The van der Waals surface area contributed by atoms with Crippen LogP contribution in [0.3, 0.4) is 0 Å². The second-order valence-electron chi connectivity index (χ2n) is 3.97. The molecule has 0 bridgehead atoms. The maximum absolute atomic E-state index is 3.78. The first-order valence-electron chi connectivity index (χ1n) is 3.75. The number of halogens is 1. The minimum atomic E-state index is 0.536. The first kappa shape index (κ1) is 8.32. The smallest absolute Gasteiger partial charge is 0.00962 e. The summed E-state index contributed by atoms with van der Waals surface area (Å²) < 4.78 is 0. The predicted molar refractivity (Wildman–Crippen MR) is 49.4 cm³/mol. The maximum Gasteiger partial charge on any atom is 0.00962 e. The number of hydrogen-bond acceptors (Lipinski definition) is 0. The van der Waals surface area contributed by atoms with Gasteiger partial charge in [0.1, 0.15) is 0 Å². The quantitative estimate of drug-likeness (QED) is 0.487. The third-order valence-corrected chi connectivity index (χ3v) is 3.96. The highest BCUT2D eigenvalue weighted by Gasteiger charge is 2.58. The van der Waals surface area contributed by atoms with Gasteiger partial charge < -0.3 is 0 Å². The van der Waals surface area contributed by atoms with Crippen LogP contribution in [0, 0.1) is 10.8 Å². The Bertz CT molecular complexity index is 149. The van der Waals surface area contributed by atoms with Gasteiger partial charge in [0.25, 0.3) is 0 Å². The molecular formula is C9H15Br. The molecule has 1 unspecified atom stereocenters. The molecular weight excluding hydrogens is 188 g/mol. The summed E-state index contributed by atoms with van der Waals surface area (Å²) in [4.78, 5) is 0. The molecule has 0 aromatic heterocycles. The zero-order valence-corrected chi connectivity index (χ0v) is 8.37. The summed E-state index contributed by atoms with van der Waals surface area (Å²) in [5.41, 5.74) is 1.08. The van der Waals surface area contributed by atoms with E-state index in [9.17, 15) is 0 Å². The van der Waals surface area contributed by atoms with Crippen molar-refractivity contribution >= 4 is 15.9 Å². The number of allylic oxidation sites excluding steroid dienone is 1. The van der Waals surface area contributed by atoms with Crippen LogP contribution in [-0.4, -0.2) is 5.33 Å². The average Bonchev–Trinajstić information content (AvgIpc) is 2.37. The number of hydrogen-bond donors (Lipinski definition) is 0. The van der Waals surface area contributed by atoms with Crippen LogP contribution in [0.2, 0.25) is 0 Å². The van der Waals surface area contributed by atoms with Gasteiger partial charge in [0.2, 0.25) is 0 Å². The molecule has 0 heterocycles. The molecule has 1 saturated carbocycles. The predicted octanol–water partition coefficient (Wildman–Crippen LogP) is 3.37. The van der Waals surface area contributed by atoms with E-state index in [1.54, 1.807) is 0 Å². The molecule has 1 fully saturated rings. The van der Waals surface area contributed by atoms with E-state index in [0.717, 1.165) is 11.8 Å². The highest BCUT2D eigenvalue weighted by atomic mass is 79.9. The van der Waals surface area contributed by atoms with Crippen molar-refractivity contribution in [2.75, 3.05) is 5.33 Å². The second-order valence-corrected chi connectivity index (χ2v) is 4.53. The van der Waals surface area contributed by atoms with Crippen LogP contribution in [0.1, 0.15) is 26.7 Å². The lowest BCUT2D eigenvalue weighted by Crippen LogP contribution is -2.08. The van der Waals surface area contributed by atoms with Gasteiger partial charge in [-0.1, -0.05) is 35.9 Å². The summed E-state index contributed by atoms with van der Waals surface area (Å²) in [6.07, 6.45) is 4.54. The Labute approximate surface area is 71.8 Å². The molecule has 0 aliphatic heterocycles. The monoisotopic (exact) mass is 202 g/mol. The zero-order valence-electron chi connectivity index (χ0n) is 6.78. The van der Waals surface area contributed by atoms with Crippen LogP contribution in [0.5, 0.6) is 0 Å². The molecule has 1 rings (SSSR count). The van der Waals surface area contributed by atoms with Crippen LogP contribution in [-0.2, 0) is 0 Å². The fourth-order valence-electron chi connectivity index (χ4n) is 1.71. The number of rotatable bonds is 3. The van der Waals surface area contributed by atoms with Gasteiger partial charge in [0.05, 0.1) is 0 Å². The SMILES string of the molecule is C=CCC1(CBr)CC1(C)C. The van der Waals surface area contributed by atoms with Gasteiger partial charge in [0.15, 0.2) is 0 Å². The molecule has 0 aromatic rings. The summed E-state index contributed by atoms with van der Waals surface area (Å²) in [5.74, 6) is 0. The molecule has 0 spiro atoms.